The van der Waals surface area contributed by atoms with Crippen LogP contribution in [0.1, 0.15) is 19.2 Å². The number of imidazole rings is 1. The van der Waals surface area contributed by atoms with E-state index in [0.29, 0.717) is 12.4 Å². The zero-order valence-corrected chi connectivity index (χ0v) is 12.7. The third-order valence-corrected chi connectivity index (χ3v) is 3.69. The van der Waals surface area contributed by atoms with Gasteiger partial charge >= 0.3 is 0 Å². The van der Waals surface area contributed by atoms with Gasteiger partial charge in [0.2, 0.25) is 0 Å². The number of allylic oxidation sites excluding steroid dienone is 1. The first-order chi connectivity index (χ1) is 9.19. The summed E-state index contributed by atoms with van der Waals surface area (Å²) in [6.07, 6.45) is 3.81. The highest BCUT2D eigenvalue weighted by atomic mass is 79.9. The Hall–Kier alpha value is -1.55. The number of anilines is 1. The van der Waals surface area contributed by atoms with Crippen LogP contribution in [0.25, 0.3) is 11.3 Å². The molecule has 1 aromatic carbocycles. The Balaban J connectivity index is 2.55. The molecule has 0 aliphatic rings. The number of halogens is 1. The highest BCUT2D eigenvalue weighted by Crippen LogP contribution is 2.32. The molecule has 0 unspecified atom stereocenters. The van der Waals surface area contributed by atoms with E-state index in [2.05, 4.69) is 29.4 Å². The Labute approximate surface area is 122 Å². The minimum absolute atomic E-state index is 0.693. The molecule has 19 heavy (non-hydrogen) atoms. The topological polar surface area (TPSA) is 43.8 Å². The monoisotopic (exact) mass is 319 g/mol. The van der Waals surface area contributed by atoms with Crippen LogP contribution in [0.3, 0.4) is 0 Å². The number of hydrogen-bond acceptors (Lipinski definition) is 2. The normalized spacial score (nSPS) is 10.6. The molecular weight excluding hydrogens is 302 g/mol. The molecule has 2 N–H and O–H groups in total. The van der Waals surface area contributed by atoms with Gasteiger partial charge in [0.15, 0.2) is 0 Å². The standard InChI is InChI=1S/C15H18BrN3/c1-3-7-13-18-14(15(17)19(13)10-4-2)11-8-5-6-9-12(11)16/h4-6,8-9H,2-3,7,10,17H2,1H3. The first kappa shape index (κ1) is 13.9. The van der Waals surface area contributed by atoms with E-state index in [9.17, 15) is 0 Å². The van der Waals surface area contributed by atoms with Gasteiger partial charge in [-0.3, -0.25) is 0 Å². The first-order valence-corrected chi connectivity index (χ1v) is 7.19. The van der Waals surface area contributed by atoms with Crippen LogP contribution in [-0.4, -0.2) is 9.55 Å². The fraction of sp³-hybridized carbons (Fsp3) is 0.267. The number of rotatable bonds is 5. The van der Waals surface area contributed by atoms with Gasteiger partial charge in [0, 0.05) is 23.0 Å². The van der Waals surface area contributed by atoms with E-state index in [4.69, 9.17) is 10.7 Å². The van der Waals surface area contributed by atoms with E-state index in [0.717, 1.165) is 34.4 Å². The van der Waals surface area contributed by atoms with Crippen LogP contribution in [0.5, 0.6) is 0 Å². The molecule has 2 aromatic rings. The van der Waals surface area contributed by atoms with Crippen molar-refractivity contribution in [1.29, 1.82) is 0 Å². The van der Waals surface area contributed by atoms with Crippen LogP contribution in [0.2, 0.25) is 0 Å². The molecular formula is C15H18BrN3. The maximum Gasteiger partial charge on any atom is 0.132 e. The van der Waals surface area contributed by atoms with E-state index < -0.39 is 0 Å². The average molecular weight is 320 g/mol. The summed E-state index contributed by atoms with van der Waals surface area (Å²) < 4.78 is 3.04. The Kier molecular flexibility index (Phi) is 4.43. The molecule has 0 bridgehead atoms. The smallest absolute Gasteiger partial charge is 0.132 e. The van der Waals surface area contributed by atoms with Crippen molar-refractivity contribution in [2.24, 2.45) is 0 Å². The molecule has 0 amide bonds. The molecule has 0 aliphatic heterocycles. The van der Waals surface area contributed by atoms with Crippen LogP contribution >= 0.6 is 15.9 Å². The number of nitrogen functional groups attached to an aromatic ring is 1. The fourth-order valence-electron chi connectivity index (χ4n) is 2.11. The molecule has 2 rings (SSSR count). The van der Waals surface area contributed by atoms with Crippen LogP contribution in [0, 0.1) is 0 Å². The Morgan fingerprint density at radius 3 is 2.79 bits per heavy atom. The lowest BCUT2D eigenvalue weighted by molar-refractivity contribution is 0.724. The summed E-state index contributed by atoms with van der Waals surface area (Å²) in [6, 6.07) is 8.00. The van der Waals surface area contributed by atoms with Gasteiger partial charge < -0.3 is 10.3 Å². The van der Waals surface area contributed by atoms with E-state index in [1.165, 1.54) is 0 Å². The SMILES string of the molecule is C=CCn1c(CCC)nc(-c2ccccc2Br)c1N. The number of nitrogens with two attached hydrogens (primary N) is 1. The van der Waals surface area contributed by atoms with Gasteiger partial charge in [-0.1, -0.05) is 47.1 Å². The van der Waals surface area contributed by atoms with Crippen molar-refractivity contribution in [3.05, 3.63) is 47.2 Å². The second-order valence-corrected chi connectivity index (χ2v) is 5.25. The number of nitrogens with zero attached hydrogens (tertiary/aromatic N) is 2. The molecule has 0 aliphatic carbocycles. The molecule has 3 nitrogen and oxygen atoms in total. The highest BCUT2D eigenvalue weighted by Gasteiger charge is 2.16. The third-order valence-electron chi connectivity index (χ3n) is 3.00. The summed E-state index contributed by atoms with van der Waals surface area (Å²) in [4.78, 5) is 4.71. The molecule has 0 atom stereocenters. The second-order valence-electron chi connectivity index (χ2n) is 4.39. The lowest BCUT2D eigenvalue weighted by Crippen LogP contribution is -2.05. The number of hydrogen-bond donors (Lipinski definition) is 1. The van der Waals surface area contributed by atoms with Gasteiger partial charge in [-0.25, -0.2) is 4.98 Å². The van der Waals surface area contributed by atoms with Crippen LogP contribution < -0.4 is 5.73 Å². The summed E-state index contributed by atoms with van der Waals surface area (Å²) >= 11 is 3.55. The van der Waals surface area contributed by atoms with Crippen molar-refractivity contribution in [3.63, 3.8) is 0 Å². The summed E-state index contributed by atoms with van der Waals surface area (Å²) in [5, 5.41) is 0. The largest absolute Gasteiger partial charge is 0.383 e. The van der Waals surface area contributed by atoms with Crippen molar-refractivity contribution < 1.29 is 0 Å². The van der Waals surface area contributed by atoms with Crippen LogP contribution in [-0.2, 0) is 13.0 Å². The van der Waals surface area contributed by atoms with Crippen molar-refractivity contribution in [2.75, 3.05) is 5.73 Å². The molecule has 100 valence electrons. The zero-order valence-electron chi connectivity index (χ0n) is 11.1. The maximum atomic E-state index is 6.25. The summed E-state index contributed by atoms with van der Waals surface area (Å²) in [5.74, 6) is 1.72. The second kappa shape index (κ2) is 6.06. The quantitative estimate of drug-likeness (QED) is 0.845. The predicted octanol–water partition coefficient (Wildman–Crippen LogP) is 4.03. The first-order valence-electron chi connectivity index (χ1n) is 6.39. The molecule has 0 saturated heterocycles. The molecule has 0 saturated carbocycles. The van der Waals surface area contributed by atoms with Gasteiger partial charge in [-0.05, 0) is 12.5 Å². The molecule has 1 aromatic heterocycles. The Morgan fingerprint density at radius 2 is 2.16 bits per heavy atom. The summed E-state index contributed by atoms with van der Waals surface area (Å²) in [5.41, 5.74) is 8.13. The molecule has 0 spiro atoms. The highest BCUT2D eigenvalue weighted by molar-refractivity contribution is 9.10. The van der Waals surface area contributed by atoms with Gasteiger partial charge in [-0.2, -0.15) is 0 Å². The minimum Gasteiger partial charge on any atom is -0.383 e. The average Bonchev–Trinajstić information content (AvgIpc) is 2.69. The lowest BCUT2D eigenvalue weighted by Gasteiger charge is -2.06. The minimum atomic E-state index is 0.693. The maximum absolute atomic E-state index is 6.25. The number of aromatic nitrogens is 2. The van der Waals surface area contributed by atoms with E-state index in [-0.39, 0.29) is 0 Å². The molecule has 0 radical (unpaired) electrons. The molecule has 4 heteroatoms. The Bertz CT molecular complexity index is 587. The van der Waals surface area contributed by atoms with Gasteiger partial charge in [0.25, 0.3) is 0 Å². The molecule has 0 fully saturated rings. The van der Waals surface area contributed by atoms with Crippen molar-refractivity contribution >= 4 is 21.7 Å². The zero-order chi connectivity index (χ0) is 13.8. The van der Waals surface area contributed by atoms with Crippen molar-refractivity contribution in [3.8, 4) is 11.3 Å². The summed E-state index contributed by atoms with van der Waals surface area (Å²) in [7, 11) is 0. The van der Waals surface area contributed by atoms with Gasteiger partial charge in [-0.15, -0.1) is 6.58 Å². The Morgan fingerprint density at radius 1 is 1.42 bits per heavy atom. The van der Waals surface area contributed by atoms with Crippen LogP contribution in [0.4, 0.5) is 5.82 Å². The van der Waals surface area contributed by atoms with Crippen molar-refractivity contribution in [1.82, 2.24) is 9.55 Å². The van der Waals surface area contributed by atoms with Crippen molar-refractivity contribution in [2.45, 2.75) is 26.3 Å². The van der Waals surface area contributed by atoms with Crippen LogP contribution in [0.15, 0.2) is 41.4 Å². The van der Waals surface area contributed by atoms with E-state index in [1.807, 2.05) is 34.9 Å². The van der Waals surface area contributed by atoms with Gasteiger partial charge in [0.1, 0.15) is 17.3 Å². The number of benzene rings is 1. The fourth-order valence-corrected chi connectivity index (χ4v) is 2.58. The number of aryl methyl sites for hydroxylation is 1. The van der Waals surface area contributed by atoms with E-state index in [1.54, 1.807) is 0 Å². The van der Waals surface area contributed by atoms with Gasteiger partial charge in [0.05, 0.1) is 0 Å². The molecule has 1 heterocycles. The van der Waals surface area contributed by atoms with E-state index >= 15 is 0 Å². The summed E-state index contributed by atoms with van der Waals surface area (Å²) in [6.45, 7) is 6.62. The third kappa shape index (κ3) is 2.73. The predicted molar refractivity (Wildman–Crippen MR) is 84.0 cm³/mol. The lowest BCUT2D eigenvalue weighted by atomic mass is 10.1.